The third kappa shape index (κ3) is 6.09. The number of carbonyl (C=O) groups is 2. The fourth-order valence-electron chi connectivity index (χ4n) is 5.52. The Morgan fingerprint density at radius 1 is 1.12 bits per heavy atom. The maximum absolute atomic E-state index is 13.2. The van der Waals surface area contributed by atoms with Gasteiger partial charge < -0.3 is 45.6 Å². The Morgan fingerprint density at radius 2 is 1.73 bits per heavy atom. The third-order valence-corrected chi connectivity index (χ3v) is 7.41. The van der Waals surface area contributed by atoms with Gasteiger partial charge >= 0.3 is 41.3 Å². The summed E-state index contributed by atoms with van der Waals surface area (Å²) in [5.41, 5.74) is 13.8. The van der Waals surface area contributed by atoms with Crippen LogP contribution in [0, 0.1) is 11.8 Å². The van der Waals surface area contributed by atoms with Gasteiger partial charge in [0.1, 0.15) is 0 Å². The van der Waals surface area contributed by atoms with Gasteiger partial charge in [0.05, 0.1) is 32.8 Å². The Balaban J connectivity index is 0.00000118. The van der Waals surface area contributed by atoms with Gasteiger partial charge in [-0.2, -0.15) is 0 Å². The van der Waals surface area contributed by atoms with Crippen molar-refractivity contribution in [1.29, 1.82) is 0 Å². The summed E-state index contributed by atoms with van der Waals surface area (Å²) in [7, 11) is 12.6. The molecule has 0 saturated carbocycles. The zero-order chi connectivity index (χ0) is 29.0. The van der Waals surface area contributed by atoms with E-state index in [0.29, 0.717) is 23.5 Å². The average molecular weight is 780 g/mol. The number of esters is 1. The Hall–Kier alpha value is -2.43. The number of halogens is 2. The number of amides is 1. The number of phenols is 1. The number of hydrogen-bond acceptors (Lipinski definition) is 10. The molecular formula is C26H31Cl2N3O8Pt. The van der Waals surface area contributed by atoms with Gasteiger partial charge in [0.2, 0.25) is 18.4 Å². The molecule has 40 heavy (non-hydrogen) atoms. The summed E-state index contributed by atoms with van der Waals surface area (Å²) in [5.74, 6) is -0.592. The quantitative estimate of drug-likeness (QED) is 0.293. The minimum atomic E-state index is -0.608. The monoisotopic (exact) mass is 778 g/mol. The number of fused-ring (bicyclic) bond motifs is 3. The summed E-state index contributed by atoms with van der Waals surface area (Å²) >= 11 is -0.472. The van der Waals surface area contributed by atoms with Crippen LogP contribution in [-0.4, -0.2) is 57.2 Å². The summed E-state index contributed by atoms with van der Waals surface area (Å²) in [6.07, 6.45) is 0.652. The SMILES string of the molecule is COc1cc([C@@H]2c3cc4c(cc3[C@H](NC(=O)CC[C@@H](N)CN)[C@H]3COC(=O)[C@H]23)OCO4)cc(OC)c1O.[Cl][Pt][Cl]. The zero-order valence-corrected chi connectivity index (χ0v) is 25.5. The first kappa shape index (κ1) is 30.5. The molecule has 0 bridgehead atoms. The van der Waals surface area contributed by atoms with Gasteiger partial charge in [-0.05, 0) is 47.4 Å². The van der Waals surface area contributed by atoms with E-state index >= 15 is 0 Å². The molecular weight excluding hydrogens is 748 g/mol. The third-order valence-electron chi connectivity index (χ3n) is 7.41. The number of nitrogens with two attached hydrogens (primary N) is 2. The summed E-state index contributed by atoms with van der Waals surface area (Å²) < 4.78 is 27.6. The number of cyclic esters (lactones) is 1. The molecule has 14 heteroatoms. The molecule has 11 nitrogen and oxygen atoms in total. The van der Waals surface area contributed by atoms with Crippen molar-refractivity contribution in [3.8, 4) is 28.7 Å². The minimum absolute atomic E-state index is 0.0760. The number of rotatable bonds is 8. The molecule has 2 aromatic carbocycles. The van der Waals surface area contributed by atoms with E-state index in [-0.39, 0.29) is 67.5 Å². The normalized spacial score (nSPS) is 22.8. The van der Waals surface area contributed by atoms with Crippen molar-refractivity contribution >= 4 is 30.7 Å². The molecule has 1 amide bonds. The van der Waals surface area contributed by atoms with E-state index in [9.17, 15) is 14.7 Å². The number of ether oxygens (including phenoxy) is 5. The van der Waals surface area contributed by atoms with Crippen LogP contribution in [0.25, 0.3) is 0 Å². The van der Waals surface area contributed by atoms with E-state index in [1.54, 1.807) is 12.1 Å². The van der Waals surface area contributed by atoms with Crippen LogP contribution in [0.3, 0.4) is 0 Å². The van der Waals surface area contributed by atoms with Crippen LogP contribution in [0.15, 0.2) is 24.3 Å². The van der Waals surface area contributed by atoms with Crippen molar-refractivity contribution in [1.82, 2.24) is 5.32 Å². The van der Waals surface area contributed by atoms with Crippen LogP contribution in [0.2, 0.25) is 0 Å². The standard InChI is InChI=1S/C26H31N3O8.2ClH.Pt/c1-33-19-5-12(6-20(34-2)25(19)31)22-14-7-17-18(37-11-36-17)8-15(14)24(16-10-35-26(32)23(16)22)29-21(30)4-3-13(28)9-27;;;/h5-8,13,16,22-24,31H,3-4,9-11,27-28H2,1-2H3,(H,29,30);2*1H;/q;;;+2/p-2/t13-,16+,22-,23+,24+;;;/m1.../s1. The van der Waals surface area contributed by atoms with E-state index in [0.717, 1.165) is 11.1 Å². The van der Waals surface area contributed by atoms with Gasteiger partial charge in [0, 0.05) is 30.8 Å². The van der Waals surface area contributed by atoms with Crippen LogP contribution in [-0.2, 0) is 30.8 Å². The van der Waals surface area contributed by atoms with Crippen molar-refractivity contribution in [2.45, 2.75) is 30.8 Å². The van der Waals surface area contributed by atoms with Gasteiger partial charge in [-0.1, -0.05) is 0 Å². The number of phenolic OH excluding ortho intramolecular Hbond substituents is 1. The molecule has 6 N–H and O–H groups in total. The summed E-state index contributed by atoms with van der Waals surface area (Å²) in [5, 5.41) is 13.6. The molecule has 5 rings (SSSR count). The fraction of sp³-hybridized carbons (Fsp3) is 0.462. The molecule has 0 radical (unpaired) electrons. The van der Waals surface area contributed by atoms with Gasteiger partial charge in [-0.15, -0.1) is 0 Å². The predicted molar refractivity (Wildman–Crippen MR) is 142 cm³/mol. The molecule has 1 fully saturated rings. The molecule has 0 spiro atoms. The van der Waals surface area contributed by atoms with Crippen molar-refractivity contribution < 1.29 is 54.9 Å². The first-order valence-corrected chi connectivity index (χ1v) is 18.0. The molecule has 5 atom stereocenters. The second kappa shape index (κ2) is 13.5. The number of nitrogens with one attached hydrogen (secondary N) is 1. The van der Waals surface area contributed by atoms with E-state index < -0.39 is 34.4 Å². The number of hydrogen-bond donors (Lipinski definition) is 4. The Morgan fingerprint density at radius 3 is 2.30 bits per heavy atom. The molecule has 1 aliphatic carbocycles. The first-order valence-electron chi connectivity index (χ1n) is 12.4. The molecule has 0 aromatic heterocycles. The van der Waals surface area contributed by atoms with Gasteiger partial charge in [-0.25, -0.2) is 0 Å². The van der Waals surface area contributed by atoms with Crippen molar-refractivity contribution in [2.24, 2.45) is 23.3 Å². The second-order valence-electron chi connectivity index (χ2n) is 9.53. The number of benzene rings is 2. The molecule has 3 aliphatic rings. The van der Waals surface area contributed by atoms with E-state index in [1.165, 1.54) is 14.2 Å². The van der Waals surface area contributed by atoms with E-state index in [1.807, 2.05) is 12.1 Å². The number of carbonyl (C=O) groups excluding carboxylic acids is 2. The Bertz CT molecular complexity index is 1230. The van der Waals surface area contributed by atoms with Crippen LogP contribution in [0.1, 0.15) is 41.5 Å². The summed E-state index contributed by atoms with van der Waals surface area (Å²) in [6, 6.07) is 6.30. The van der Waals surface area contributed by atoms with E-state index in [4.69, 9.17) is 54.0 Å². The van der Waals surface area contributed by atoms with Gasteiger partial charge in [0.25, 0.3) is 0 Å². The Labute approximate surface area is 248 Å². The van der Waals surface area contributed by atoms with Crippen molar-refractivity contribution in [3.05, 3.63) is 41.0 Å². The van der Waals surface area contributed by atoms with Crippen LogP contribution < -0.4 is 35.7 Å². The first-order chi connectivity index (χ1) is 19.3. The number of aromatic hydroxyl groups is 1. The van der Waals surface area contributed by atoms with E-state index in [2.05, 4.69) is 5.32 Å². The van der Waals surface area contributed by atoms with Crippen LogP contribution in [0.5, 0.6) is 28.7 Å². The second-order valence-corrected chi connectivity index (χ2v) is 12.8. The van der Waals surface area contributed by atoms with Crippen LogP contribution >= 0.6 is 18.8 Å². The van der Waals surface area contributed by atoms with Gasteiger partial charge in [0.15, 0.2) is 23.0 Å². The molecule has 222 valence electrons. The Kier molecular flexibility index (Phi) is 10.3. The summed E-state index contributed by atoms with van der Waals surface area (Å²) in [4.78, 5) is 26.1. The molecule has 0 unspecified atom stereocenters. The maximum atomic E-state index is 13.2. The topological polar surface area (TPSA) is 165 Å². The zero-order valence-electron chi connectivity index (χ0n) is 21.8. The molecule has 2 aliphatic heterocycles. The predicted octanol–water partition coefficient (Wildman–Crippen LogP) is 2.67. The number of methoxy groups -OCH3 is 2. The summed E-state index contributed by atoms with van der Waals surface area (Å²) in [6.45, 7) is 0.511. The van der Waals surface area contributed by atoms with Crippen molar-refractivity contribution in [3.63, 3.8) is 0 Å². The van der Waals surface area contributed by atoms with Crippen molar-refractivity contribution in [2.75, 3.05) is 34.2 Å². The fourth-order valence-corrected chi connectivity index (χ4v) is 5.52. The average Bonchev–Trinajstić information content (AvgIpc) is 3.57. The molecule has 2 aromatic rings. The van der Waals surface area contributed by atoms with Crippen LogP contribution in [0.4, 0.5) is 0 Å². The molecule has 2 heterocycles. The molecule has 1 saturated heterocycles. The van der Waals surface area contributed by atoms with Gasteiger partial charge in [-0.3, -0.25) is 9.59 Å².